The largest absolute Gasteiger partial charge is 0.302 e. The first-order valence-corrected chi connectivity index (χ1v) is 5.13. The molecule has 1 aromatic carbocycles. The summed E-state index contributed by atoms with van der Waals surface area (Å²) < 4.78 is 19.4. The minimum atomic E-state index is -2.02. The van der Waals surface area contributed by atoms with Crippen molar-refractivity contribution in [3.8, 4) is 12.1 Å². The predicted molar refractivity (Wildman–Crippen MR) is 57.8 cm³/mol. The summed E-state index contributed by atoms with van der Waals surface area (Å²) in [6.07, 6.45) is 0. The molecule has 1 rings (SSSR count). The molecule has 0 bridgehead atoms. The lowest BCUT2D eigenvalue weighted by Crippen LogP contribution is -1.96. The molecule has 0 saturated heterocycles. The van der Waals surface area contributed by atoms with Crippen LogP contribution in [0.4, 0.5) is 5.69 Å². The van der Waals surface area contributed by atoms with Crippen LogP contribution in [0, 0.1) is 22.7 Å². The van der Waals surface area contributed by atoms with Crippen molar-refractivity contribution in [2.45, 2.75) is 4.90 Å². The molecule has 0 amide bonds. The molecule has 0 aliphatic carbocycles. The number of anilines is 1. The van der Waals surface area contributed by atoms with Crippen LogP contribution in [0.1, 0.15) is 0 Å². The molecule has 7 heteroatoms. The average Bonchev–Trinajstić information content (AvgIpc) is 2.31. The standard InChI is InChI=1S/C9H6N4O2S/c10-5-8(6-11)13-12-7-1-3-9(4-2-7)16(14)15/h1-4,12H,(H,14,15). The summed E-state index contributed by atoms with van der Waals surface area (Å²) in [5, 5.41) is 20.3. The molecule has 1 atom stereocenters. The number of hydrogen-bond donors (Lipinski definition) is 2. The van der Waals surface area contributed by atoms with E-state index in [9.17, 15) is 4.21 Å². The van der Waals surface area contributed by atoms with Crippen LogP contribution in [0.2, 0.25) is 0 Å². The van der Waals surface area contributed by atoms with Gasteiger partial charge in [-0.3, -0.25) is 5.43 Å². The molecule has 1 aromatic rings. The highest BCUT2D eigenvalue weighted by molar-refractivity contribution is 7.79. The summed E-state index contributed by atoms with van der Waals surface area (Å²) in [4.78, 5) is 0.260. The van der Waals surface area contributed by atoms with Gasteiger partial charge in [-0.15, -0.1) is 0 Å². The van der Waals surface area contributed by atoms with Gasteiger partial charge >= 0.3 is 0 Å². The van der Waals surface area contributed by atoms with Crippen molar-refractivity contribution < 1.29 is 8.76 Å². The molecule has 0 aromatic heterocycles. The number of rotatable bonds is 3. The van der Waals surface area contributed by atoms with Crippen LogP contribution in [0.15, 0.2) is 34.3 Å². The normalized spacial score (nSPS) is 10.7. The molecule has 0 spiro atoms. The van der Waals surface area contributed by atoms with Crippen molar-refractivity contribution in [1.82, 2.24) is 0 Å². The first-order chi connectivity index (χ1) is 7.67. The van der Waals surface area contributed by atoms with Crippen LogP contribution in [0.5, 0.6) is 0 Å². The highest BCUT2D eigenvalue weighted by Gasteiger charge is 1.99. The molecule has 2 N–H and O–H groups in total. The second-order valence-corrected chi connectivity index (χ2v) is 3.54. The van der Waals surface area contributed by atoms with Crippen molar-refractivity contribution in [3.05, 3.63) is 24.3 Å². The Hall–Kier alpha value is -2.22. The van der Waals surface area contributed by atoms with E-state index in [-0.39, 0.29) is 10.6 Å². The fourth-order valence-corrected chi connectivity index (χ4v) is 1.21. The molecule has 0 saturated carbocycles. The fraction of sp³-hybridized carbons (Fsp3) is 0. The van der Waals surface area contributed by atoms with E-state index >= 15 is 0 Å². The summed E-state index contributed by atoms with van der Waals surface area (Å²) in [6, 6.07) is 9.08. The Kier molecular flexibility index (Phi) is 4.16. The van der Waals surface area contributed by atoms with Crippen molar-refractivity contribution in [2.24, 2.45) is 5.10 Å². The van der Waals surface area contributed by atoms with Crippen molar-refractivity contribution in [2.75, 3.05) is 5.43 Å². The topological polar surface area (TPSA) is 109 Å². The SMILES string of the molecule is N#CC(C#N)=NNc1ccc(S(=O)O)cc1. The monoisotopic (exact) mass is 234 g/mol. The maximum absolute atomic E-state index is 10.6. The minimum Gasteiger partial charge on any atom is -0.302 e. The number of nitrogens with one attached hydrogen (secondary N) is 1. The molecule has 6 nitrogen and oxygen atoms in total. The van der Waals surface area contributed by atoms with Crippen molar-refractivity contribution >= 4 is 22.5 Å². The lowest BCUT2D eigenvalue weighted by atomic mass is 10.3. The van der Waals surface area contributed by atoms with Crippen LogP contribution in [0.25, 0.3) is 0 Å². The van der Waals surface area contributed by atoms with E-state index in [1.165, 1.54) is 24.3 Å². The van der Waals surface area contributed by atoms with E-state index in [1.54, 1.807) is 12.1 Å². The maximum atomic E-state index is 10.6. The van der Waals surface area contributed by atoms with Gasteiger partial charge in [-0.05, 0) is 24.3 Å². The minimum absolute atomic E-state index is 0.260. The van der Waals surface area contributed by atoms with Crippen LogP contribution < -0.4 is 5.43 Å². The lowest BCUT2D eigenvalue weighted by molar-refractivity contribution is 0.564. The highest BCUT2D eigenvalue weighted by atomic mass is 32.2. The van der Waals surface area contributed by atoms with Crippen LogP contribution in [-0.2, 0) is 11.1 Å². The van der Waals surface area contributed by atoms with E-state index in [0.29, 0.717) is 5.69 Å². The Labute approximate surface area is 94.1 Å². The third-order valence-corrected chi connectivity index (χ3v) is 2.24. The molecule has 0 aliphatic rings. The zero-order valence-electron chi connectivity index (χ0n) is 7.91. The van der Waals surface area contributed by atoms with Crippen LogP contribution in [0.3, 0.4) is 0 Å². The van der Waals surface area contributed by atoms with Gasteiger partial charge in [0.15, 0.2) is 11.1 Å². The maximum Gasteiger partial charge on any atom is 0.237 e. The number of hydrazone groups is 1. The number of nitrogens with zero attached hydrogens (tertiary/aromatic N) is 3. The van der Waals surface area contributed by atoms with Gasteiger partial charge in [-0.25, -0.2) is 4.21 Å². The fourth-order valence-electron chi connectivity index (χ4n) is 0.841. The third kappa shape index (κ3) is 3.17. The smallest absolute Gasteiger partial charge is 0.237 e. The van der Waals surface area contributed by atoms with Gasteiger partial charge in [0.05, 0.1) is 10.6 Å². The second-order valence-electron chi connectivity index (χ2n) is 2.57. The zero-order valence-corrected chi connectivity index (χ0v) is 8.73. The first kappa shape index (κ1) is 11.9. The molecule has 0 heterocycles. The summed E-state index contributed by atoms with van der Waals surface area (Å²) in [5.41, 5.74) is 2.69. The molecule has 1 unspecified atom stereocenters. The Balaban J connectivity index is 2.78. The summed E-state index contributed by atoms with van der Waals surface area (Å²) in [7, 11) is 0. The third-order valence-electron chi connectivity index (χ3n) is 1.56. The van der Waals surface area contributed by atoms with Crippen molar-refractivity contribution in [1.29, 1.82) is 10.5 Å². The number of hydrogen-bond acceptors (Lipinski definition) is 5. The Morgan fingerprint density at radius 1 is 1.31 bits per heavy atom. The Bertz CT molecular complexity index is 494. The van der Waals surface area contributed by atoms with E-state index in [4.69, 9.17) is 15.1 Å². The van der Waals surface area contributed by atoms with Gasteiger partial charge in [0.25, 0.3) is 0 Å². The Morgan fingerprint density at radius 2 is 1.88 bits per heavy atom. The van der Waals surface area contributed by atoms with Gasteiger partial charge in [0.2, 0.25) is 5.71 Å². The van der Waals surface area contributed by atoms with Gasteiger partial charge in [-0.2, -0.15) is 15.6 Å². The van der Waals surface area contributed by atoms with E-state index in [0.717, 1.165) is 0 Å². The summed E-state index contributed by atoms with van der Waals surface area (Å²) in [6.45, 7) is 0. The Morgan fingerprint density at radius 3 is 2.31 bits per heavy atom. The predicted octanol–water partition coefficient (Wildman–Crippen LogP) is 1.08. The first-order valence-electron chi connectivity index (χ1n) is 4.02. The molecular formula is C9H6N4O2S. The quantitative estimate of drug-likeness (QED) is 0.462. The molecule has 80 valence electrons. The second kappa shape index (κ2) is 5.61. The van der Waals surface area contributed by atoms with E-state index in [2.05, 4.69) is 10.5 Å². The highest BCUT2D eigenvalue weighted by Crippen LogP contribution is 2.11. The average molecular weight is 234 g/mol. The molecular weight excluding hydrogens is 228 g/mol. The molecule has 16 heavy (non-hydrogen) atoms. The van der Waals surface area contributed by atoms with Crippen LogP contribution in [-0.4, -0.2) is 14.5 Å². The summed E-state index contributed by atoms with van der Waals surface area (Å²) >= 11 is -2.02. The number of benzene rings is 1. The van der Waals surface area contributed by atoms with Crippen LogP contribution >= 0.6 is 0 Å². The van der Waals surface area contributed by atoms with Crippen molar-refractivity contribution in [3.63, 3.8) is 0 Å². The molecule has 0 fully saturated rings. The van der Waals surface area contributed by atoms with E-state index in [1.807, 2.05) is 0 Å². The molecule has 0 radical (unpaired) electrons. The molecule has 0 aliphatic heterocycles. The van der Waals surface area contributed by atoms with Gasteiger partial charge in [-0.1, -0.05) is 0 Å². The van der Waals surface area contributed by atoms with Gasteiger partial charge in [0.1, 0.15) is 12.1 Å². The lowest BCUT2D eigenvalue weighted by Gasteiger charge is -2.00. The number of nitriles is 2. The van der Waals surface area contributed by atoms with Gasteiger partial charge < -0.3 is 4.55 Å². The zero-order chi connectivity index (χ0) is 12.0. The van der Waals surface area contributed by atoms with E-state index < -0.39 is 11.1 Å². The van der Waals surface area contributed by atoms with Gasteiger partial charge in [0, 0.05) is 0 Å². The summed E-state index contributed by atoms with van der Waals surface area (Å²) in [5.74, 6) is 0.